The second-order valence-corrected chi connectivity index (χ2v) is 16.8. The van der Waals surface area contributed by atoms with Crippen molar-refractivity contribution in [3.8, 4) is 5.75 Å². The van der Waals surface area contributed by atoms with E-state index in [2.05, 4.69) is 45.9 Å². The third kappa shape index (κ3) is 6.89. The molecule has 2 aromatic rings. The van der Waals surface area contributed by atoms with Crippen LogP contribution in [0.25, 0.3) is 0 Å². The molecular formula is C43H59NO6. The molecule has 4 saturated carbocycles. The van der Waals surface area contributed by atoms with Crippen molar-refractivity contribution >= 4 is 11.9 Å². The minimum atomic E-state index is -1.19. The Kier molecular flexibility index (Phi) is 10.6. The van der Waals surface area contributed by atoms with E-state index in [9.17, 15) is 19.8 Å². The van der Waals surface area contributed by atoms with Crippen LogP contribution in [0.2, 0.25) is 0 Å². The molecule has 6 aliphatic rings. The van der Waals surface area contributed by atoms with Crippen molar-refractivity contribution in [1.29, 1.82) is 0 Å². The number of hydrogen-bond acceptors (Lipinski definition) is 6. The van der Waals surface area contributed by atoms with Gasteiger partial charge in [-0.05, 0) is 149 Å². The van der Waals surface area contributed by atoms with E-state index in [1.807, 2.05) is 17.9 Å². The number of allylic oxidation sites excluding steroid dienone is 2. The van der Waals surface area contributed by atoms with Crippen molar-refractivity contribution < 1.29 is 29.3 Å². The van der Waals surface area contributed by atoms with Gasteiger partial charge in [-0.15, -0.1) is 0 Å². The van der Waals surface area contributed by atoms with Crippen molar-refractivity contribution in [2.75, 3.05) is 26.8 Å². The highest BCUT2D eigenvalue weighted by molar-refractivity contribution is 6.10. The third-order valence-corrected chi connectivity index (χ3v) is 13.7. The number of carbonyl (C=O) groups is 2. The summed E-state index contributed by atoms with van der Waals surface area (Å²) in [5.41, 5.74) is 2.74. The summed E-state index contributed by atoms with van der Waals surface area (Å²) in [6, 6.07) is 13.3. The van der Waals surface area contributed by atoms with Gasteiger partial charge < -0.3 is 24.6 Å². The minimum Gasteiger partial charge on any atom is -0.497 e. The maximum atomic E-state index is 14.4. The van der Waals surface area contributed by atoms with Crippen LogP contribution in [0, 0.1) is 28.6 Å². The van der Waals surface area contributed by atoms with Crippen LogP contribution in [-0.2, 0) is 11.2 Å². The Morgan fingerprint density at radius 1 is 1.00 bits per heavy atom. The summed E-state index contributed by atoms with van der Waals surface area (Å²) in [7, 11) is 1.61. The molecule has 0 aliphatic heterocycles. The van der Waals surface area contributed by atoms with Crippen molar-refractivity contribution in [2.24, 2.45) is 28.6 Å². The molecule has 6 aliphatic carbocycles. The lowest BCUT2D eigenvalue weighted by molar-refractivity contribution is -0.120. The number of ketones is 1. The number of aliphatic hydroxyl groups excluding tert-OH is 1. The summed E-state index contributed by atoms with van der Waals surface area (Å²) >= 11 is 0. The van der Waals surface area contributed by atoms with Crippen LogP contribution in [-0.4, -0.2) is 65.5 Å². The fourth-order valence-electron chi connectivity index (χ4n) is 10.3. The van der Waals surface area contributed by atoms with E-state index in [1.165, 1.54) is 18.4 Å². The molecule has 0 radical (unpaired) electrons. The Morgan fingerprint density at radius 3 is 2.44 bits per heavy atom. The normalized spacial score (nSPS) is 31.8. The maximum absolute atomic E-state index is 14.4. The molecule has 0 spiro atoms. The Morgan fingerprint density at radius 2 is 1.76 bits per heavy atom. The Balaban J connectivity index is 1.39. The SMILES string of the molecule is CCOC(=O)N(CC1CCC2CC1C2(C)C)CC1(O)CCC2c3ccc(cc3C(=O)c3ccc(OC)cc3)CC(O)CCC(C)=CCCC21C. The van der Waals surface area contributed by atoms with Gasteiger partial charge in [0, 0.05) is 23.1 Å². The molecule has 7 nitrogen and oxygen atoms in total. The van der Waals surface area contributed by atoms with Crippen molar-refractivity contribution in [2.45, 2.75) is 116 Å². The van der Waals surface area contributed by atoms with Crippen molar-refractivity contribution in [3.63, 3.8) is 0 Å². The number of aliphatic hydroxyl groups is 2. The summed E-state index contributed by atoms with van der Waals surface area (Å²) in [6.07, 6.45) is 9.50. The highest BCUT2D eigenvalue weighted by Gasteiger charge is 2.59. The van der Waals surface area contributed by atoms with E-state index in [4.69, 9.17) is 9.47 Å². The van der Waals surface area contributed by atoms with Crippen LogP contribution in [0.4, 0.5) is 4.79 Å². The van der Waals surface area contributed by atoms with Gasteiger partial charge in [-0.25, -0.2) is 4.79 Å². The number of rotatable bonds is 8. The molecule has 0 saturated heterocycles. The highest BCUT2D eigenvalue weighted by Crippen LogP contribution is 2.62. The number of fused-ring (bicyclic) bond motifs is 10. The molecule has 7 atom stereocenters. The molecule has 8 rings (SSSR count). The average Bonchev–Trinajstić information content (AvgIpc) is 3.35. The fraction of sp³-hybridized carbons (Fsp3) is 0.628. The second kappa shape index (κ2) is 14.5. The molecule has 4 fully saturated rings. The van der Waals surface area contributed by atoms with Crippen molar-refractivity contribution in [3.05, 3.63) is 76.4 Å². The zero-order valence-corrected chi connectivity index (χ0v) is 31.2. The third-order valence-electron chi connectivity index (χ3n) is 13.7. The first-order chi connectivity index (χ1) is 23.8. The van der Waals surface area contributed by atoms with E-state index < -0.39 is 17.1 Å². The predicted molar refractivity (Wildman–Crippen MR) is 197 cm³/mol. The lowest BCUT2D eigenvalue weighted by Gasteiger charge is -2.60. The molecule has 0 aromatic heterocycles. The molecule has 2 aromatic carbocycles. The van der Waals surface area contributed by atoms with E-state index in [0.29, 0.717) is 67.4 Å². The number of hydrogen-bond donors (Lipinski definition) is 2. The number of methoxy groups -OCH3 is 1. The smallest absolute Gasteiger partial charge is 0.409 e. The number of amides is 1. The molecular weight excluding hydrogens is 626 g/mol. The standard InChI is InChI=1S/C43H59NO6/c1-7-50-40(47)44(26-31-12-15-32-25-38(31)41(32,3)4)27-43(48)22-20-37-35-19-11-29(23-33(45)16-10-28(2)9-8-21-42(37,43)5)24-36(35)39(46)30-13-17-34(49-6)18-14-30/h9,11,13-14,17-19,24,31-33,37-38,45,48H,7-8,10,12,15-16,20-23,25-27H2,1-6H3. The first-order valence-corrected chi connectivity index (χ1v) is 19.1. The van der Waals surface area contributed by atoms with Crippen LogP contribution in [0.5, 0.6) is 5.75 Å². The van der Waals surface area contributed by atoms with Gasteiger partial charge in [0.1, 0.15) is 5.75 Å². The van der Waals surface area contributed by atoms with Gasteiger partial charge >= 0.3 is 6.09 Å². The highest BCUT2D eigenvalue weighted by atomic mass is 16.6. The van der Waals surface area contributed by atoms with Gasteiger partial charge in [-0.1, -0.05) is 44.6 Å². The molecule has 7 heteroatoms. The van der Waals surface area contributed by atoms with Gasteiger partial charge in [0.2, 0.25) is 0 Å². The molecule has 50 heavy (non-hydrogen) atoms. The van der Waals surface area contributed by atoms with E-state index in [-0.39, 0.29) is 36.4 Å². The fourth-order valence-corrected chi connectivity index (χ4v) is 10.3. The maximum Gasteiger partial charge on any atom is 0.409 e. The summed E-state index contributed by atoms with van der Waals surface area (Å²) in [5, 5.41) is 24.0. The molecule has 2 N–H and O–H groups in total. The van der Waals surface area contributed by atoms with Gasteiger partial charge in [-0.2, -0.15) is 0 Å². The first-order valence-electron chi connectivity index (χ1n) is 19.1. The average molecular weight is 686 g/mol. The number of benzene rings is 2. The zero-order valence-electron chi connectivity index (χ0n) is 31.2. The molecule has 0 heterocycles. The molecule has 272 valence electrons. The predicted octanol–water partition coefficient (Wildman–Crippen LogP) is 8.50. The zero-order chi connectivity index (χ0) is 35.8. The Bertz CT molecular complexity index is 1580. The van der Waals surface area contributed by atoms with Crippen LogP contribution < -0.4 is 4.74 Å². The lowest BCUT2D eigenvalue weighted by atomic mass is 9.45. The number of ether oxygens (including phenoxy) is 2. The number of carbonyl (C=O) groups excluding carboxylic acids is 2. The summed E-state index contributed by atoms with van der Waals surface area (Å²) in [5.74, 6) is 2.22. The number of nitrogens with zero attached hydrogens (tertiary/aromatic N) is 1. The lowest BCUT2D eigenvalue weighted by Crippen LogP contribution is -2.58. The van der Waals surface area contributed by atoms with E-state index >= 15 is 0 Å². The van der Waals surface area contributed by atoms with E-state index in [0.717, 1.165) is 36.3 Å². The monoisotopic (exact) mass is 685 g/mol. The molecule has 4 bridgehead atoms. The van der Waals surface area contributed by atoms with Crippen LogP contribution in [0.1, 0.15) is 125 Å². The largest absolute Gasteiger partial charge is 0.497 e. The minimum absolute atomic E-state index is 0.0773. The molecule has 1 amide bonds. The van der Waals surface area contributed by atoms with E-state index in [1.54, 1.807) is 31.4 Å². The Labute approximate surface area is 299 Å². The summed E-state index contributed by atoms with van der Waals surface area (Å²) in [6.45, 7) is 12.0. The summed E-state index contributed by atoms with van der Waals surface area (Å²) < 4.78 is 11.0. The van der Waals surface area contributed by atoms with Crippen LogP contribution in [0.3, 0.4) is 0 Å². The van der Waals surface area contributed by atoms with Gasteiger partial charge in [-0.3, -0.25) is 4.79 Å². The van der Waals surface area contributed by atoms with Crippen LogP contribution in [0.15, 0.2) is 54.1 Å². The Hall–Kier alpha value is -3.16. The second-order valence-electron chi connectivity index (χ2n) is 16.8. The quantitative estimate of drug-likeness (QED) is 0.214. The first kappa shape index (κ1) is 36.6. The van der Waals surface area contributed by atoms with Gasteiger partial charge in [0.15, 0.2) is 5.78 Å². The van der Waals surface area contributed by atoms with Crippen molar-refractivity contribution in [1.82, 2.24) is 4.90 Å². The summed E-state index contributed by atoms with van der Waals surface area (Å²) in [4.78, 5) is 29.9. The van der Waals surface area contributed by atoms with Gasteiger partial charge in [0.05, 0.1) is 32.0 Å². The van der Waals surface area contributed by atoms with Gasteiger partial charge in [0.25, 0.3) is 0 Å². The molecule has 7 unspecified atom stereocenters. The van der Waals surface area contributed by atoms with Crippen LogP contribution >= 0.6 is 0 Å². The topological polar surface area (TPSA) is 96.3 Å².